The summed E-state index contributed by atoms with van der Waals surface area (Å²) in [4.78, 5) is 6.42. The Hall–Kier alpha value is -1.00. The minimum Gasteiger partial charge on any atom is -0.375 e. The Morgan fingerprint density at radius 2 is 2.00 bits per heavy atom. The molecule has 0 aliphatic rings. The van der Waals surface area contributed by atoms with Crippen molar-refractivity contribution in [1.29, 1.82) is 0 Å². The van der Waals surface area contributed by atoms with E-state index in [1.54, 1.807) is 11.8 Å². The molecule has 1 aromatic heterocycles. The van der Waals surface area contributed by atoms with Gasteiger partial charge in [0.25, 0.3) is 0 Å². The number of thiazole rings is 1. The van der Waals surface area contributed by atoms with Crippen molar-refractivity contribution in [2.45, 2.75) is 4.90 Å². The molecule has 72 valence electrons. The summed E-state index contributed by atoms with van der Waals surface area (Å²) in [6.07, 6.45) is 3.88. The SMILES string of the molecule is CSc1ccc(-c2cnc(N)s2)cc1. The lowest BCUT2D eigenvalue weighted by Crippen LogP contribution is -1.77. The lowest BCUT2D eigenvalue weighted by molar-refractivity contribution is 1.42. The van der Waals surface area contributed by atoms with Crippen LogP contribution >= 0.6 is 23.1 Å². The number of aromatic nitrogens is 1. The zero-order valence-electron chi connectivity index (χ0n) is 7.73. The molecule has 0 saturated carbocycles. The van der Waals surface area contributed by atoms with Crippen LogP contribution in [0.25, 0.3) is 10.4 Å². The summed E-state index contributed by atoms with van der Waals surface area (Å²) in [5, 5.41) is 0.619. The summed E-state index contributed by atoms with van der Waals surface area (Å²) in [6, 6.07) is 8.41. The second kappa shape index (κ2) is 4.02. The van der Waals surface area contributed by atoms with Gasteiger partial charge in [-0.05, 0) is 24.0 Å². The Morgan fingerprint density at radius 1 is 1.29 bits per heavy atom. The summed E-state index contributed by atoms with van der Waals surface area (Å²) in [6.45, 7) is 0. The third-order valence-electron chi connectivity index (χ3n) is 1.90. The number of nitrogens with zero attached hydrogens (tertiary/aromatic N) is 1. The van der Waals surface area contributed by atoms with Crippen LogP contribution < -0.4 is 5.73 Å². The maximum absolute atomic E-state index is 5.58. The zero-order valence-corrected chi connectivity index (χ0v) is 9.36. The van der Waals surface area contributed by atoms with Gasteiger partial charge in [-0.25, -0.2) is 4.98 Å². The summed E-state index contributed by atoms with van der Waals surface area (Å²) in [5.41, 5.74) is 6.75. The van der Waals surface area contributed by atoms with Gasteiger partial charge < -0.3 is 5.73 Å². The van der Waals surface area contributed by atoms with Gasteiger partial charge in [-0.15, -0.1) is 11.8 Å². The lowest BCUT2D eigenvalue weighted by atomic mass is 10.2. The van der Waals surface area contributed by atoms with Gasteiger partial charge in [0, 0.05) is 11.1 Å². The molecule has 2 nitrogen and oxygen atoms in total. The molecule has 1 aromatic carbocycles. The summed E-state index contributed by atoms with van der Waals surface area (Å²) >= 11 is 3.26. The second-order valence-corrected chi connectivity index (χ2v) is 4.73. The van der Waals surface area contributed by atoms with E-state index in [-0.39, 0.29) is 0 Å². The van der Waals surface area contributed by atoms with E-state index in [2.05, 4.69) is 35.5 Å². The molecular weight excluding hydrogens is 212 g/mol. The molecule has 1 heterocycles. The van der Waals surface area contributed by atoms with E-state index in [1.165, 1.54) is 21.8 Å². The number of hydrogen-bond acceptors (Lipinski definition) is 4. The van der Waals surface area contributed by atoms with Crippen molar-refractivity contribution in [1.82, 2.24) is 4.98 Å². The number of thioether (sulfide) groups is 1. The van der Waals surface area contributed by atoms with Crippen LogP contribution in [0.4, 0.5) is 5.13 Å². The quantitative estimate of drug-likeness (QED) is 0.793. The number of benzene rings is 1. The fourth-order valence-electron chi connectivity index (χ4n) is 1.18. The van der Waals surface area contributed by atoms with E-state index in [0.29, 0.717) is 5.13 Å². The minimum atomic E-state index is 0.619. The van der Waals surface area contributed by atoms with Crippen LogP contribution in [0.3, 0.4) is 0 Å². The van der Waals surface area contributed by atoms with Gasteiger partial charge in [-0.1, -0.05) is 23.5 Å². The third-order valence-corrected chi connectivity index (χ3v) is 3.52. The van der Waals surface area contributed by atoms with E-state index >= 15 is 0 Å². The zero-order chi connectivity index (χ0) is 9.97. The number of nitrogen functional groups attached to an aromatic ring is 1. The van der Waals surface area contributed by atoms with Gasteiger partial charge in [0.2, 0.25) is 0 Å². The van der Waals surface area contributed by atoms with Crippen molar-refractivity contribution in [3.05, 3.63) is 30.5 Å². The smallest absolute Gasteiger partial charge is 0.180 e. The normalized spacial score (nSPS) is 10.4. The Balaban J connectivity index is 2.33. The van der Waals surface area contributed by atoms with Gasteiger partial charge in [0.1, 0.15) is 0 Å². The standard InChI is InChI=1S/C10H10N2S2/c1-13-8-4-2-7(3-5-8)9-6-12-10(11)14-9/h2-6H,1H3,(H2,11,12). The molecule has 0 radical (unpaired) electrons. The minimum absolute atomic E-state index is 0.619. The maximum Gasteiger partial charge on any atom is 0.180 e. The van der Waals surface area contributed by atoms with Crippen LogP contribution in [0.5, 0.6) is 0 Å². The Kier molecular flexibility index (Phi) is 2.74. The molecule has 0 aliphatic carbocycles. The van der Waals surface area contributed by atoms with E-state index in [1.807, 2.05) is 6.20 Å². The van der Waals surface area contributed by atoms with Crippen LogP contribution in [0, 0.1) is 0 Å². The Morgan fingerprint density at radius 3 is 2.50 bits per heavy atom. The highest BCUT2D eigenvalue weighted by Crippen LogP contribution is 2.28. The predicted octanol–water partition coefficient (Wildman–Crippen LogP) is 3.11. The third kappa shape index (κ3) is 1.91. The van der Waals surface area contributed by atoms with E-state index in [4.69, 9.17) is 5.73 Å². The molecule has 0 fully saturated rings. The highest BCUT2D eigenvalue weighted by atomic mass is 32.2. The predicted molar refractivity (Wildman–Crippen MR) is 63.7 cm³/mol. The molecule has 0 saturated heterocycles. The van der Waals surface area contributed by atoms with E-state index < -0.39 is 0 Å². The largest absolute Gasteiger partial charge is 0.375 e. The molecule has 0 amide bonds. The van der Waals surface area contributed by atoms with Crippen molar-refractivity contribution < 1.29 is 0 Å². The fraction of sp³-hybridized carbons (Fsp3) is 0.100. The lowest BCUT2D eigenvalue weighted by Gasteiger charge is -1.98. The molecule has 4 heteroatoms. The summed E-state index contributed by atoms with van der Waals surface area (Å²) in [7, 11) is 0. The topological polar surface area (TPSA) is 38.9 Å². The molecule has 0 atom stereocenters. The summed E-state index contributed by atoms with van der Waals surface area (Å²) in [5.74, 6) is 0. The Labute approximate surface area is 91.2 Å². The highest BCUT2D eigenvalue weighted by molar-refractivity contribution is 7.98. The Bertz CT molecular complexity index is 420. The average Bonchev–Trinajstić information content (AvgIpc) is 2.65. The van der Waals surface area contributed by atoms with Crippen LogP contribution in [0.1, 0.15) is 0 Å². The van der Waals surface area contributed by atoms with Crippen molar-refractivity contribution in [3.8, 4) is 10.4 Å². The molecular formula is C10H10N2S2. The first-order valence-electron chi connectivity index (χ1n) is 4.15. The van der Waals surface area contributed by atoms with Crippen LogP contribution in [-0.2, 0) is 0 Å². The van der Waals surface area contributed by atoms with Crippen LogP contribution in [0.15, 0.2) is 35.4 Å². The number of rotatable bonds is 2. The summed E-state index contributed by atoms with van der Waals surface area (Å²) < 4.78 is 0. The average molecular weight is 222 g/mol. The van der Waals surface area contributed by atoms with Gasteiger partial charge in [-0.3, -0.25) is 0 Å². The van der Waals surface area contributed by atoms with Gasteiger partial charge in [0.15, 0.2) is 5.13 Å². The molecule has 2 aromatic rings. The fourth-order valence-corrected chi connectivity index (χ4v) is 2.27. The highest BCUT2D eigenvalue weighted by Gasteiger charge is 2.01. The van der Waals surface area contributed by atoms with Crippen LogP contribution in [0.2, 0.25) is 0 Å². The molecule has 2 rings (SSSR count). The molecule has 0 aliphatic heterocycles. The van der Waals surface area contributed by atoms with Gasteiger partial charge >= 0.3 is 0 Å². The van der Waals surface area contributed by atoms with Gasteiger partial charge in [-0.2, -0.15) is 0 Å². The monoisotopic (exact) mass is 222 g/mol. The second-order valence-electron chi connectivity index (χ2n) is 2.79. The van der Waals surface area contributed by atoms with Crippen molar-refractivity contribution in [2.24, 2.45) is 0 Å². The number of nitrogens with two attached hydrogens (primary N) is 1. The molecule has 0 unspecified atom stereocenters. The van der Waals surface area contributed by atoms with Crippen molar-refractivity contribution >= 4 is 28.2 Å². The first-order valence-corrected chi connectivity index (χ1v) is 6.19. The molecule has 14 heavy (non-hydrogen) atoms. The first-order chi connectivity index (χ1) is 6.79. The number of anilines is 1. The molecule has 0 spiro atoms. The van der Waals surface area contributed by atoms with Crippen LogP contribution in [-0.4, -0.2) is 11.2 Å². The first kappa shape index (κ1) is 9.55. The van der Waals surface area contributed by atoms with Crippen molar-refractivity contribution in [3.63, 3.8) is 0 Å². The maximum atomic E-state index is 5.58. The molecule has 2 N–H and O–H groups in total. The van der Waals surface area contributed by atoms with Crippen molar-refractivity contribution in [2.75, 3.05) is 12.0 Å². The van der Waals surface area contributed by atoms with Gasteiger partial charge in [0.05, 0.1) is 4.88 Å². The van der Waals surface area contributed by atoms with E-state index in [0.717, 1.165) is 4.88 Å². The molecule has 0 bridgehead atoms. The number of hydrogen-bond donors (Lipinski definition) is 1. The van der Waals surface area contributed by atoms with E-state index in [9.17, 15) is 0 Å².